The highest BCUT2D eigenvalue weighted by molar-refractivity contribution is 5.92. The molecule has 84 valence electrons. The second kappa shape index (κ2) is 6.35. The van der Waals surface area contributed by atoms with Crippen molar-refractivity contribution >= 4 is 23.8 Å². The molecule has 0 unspecified atom stereocenters. The van der Waals surface area contributed by atoms with Gasteiger partial charge in [-0.2, -0.15) is 11.0 Å². The summed E-state index contributed by atoms with van der Waals surface area (Å²) in [5.74, 6) is -3.17. The van der Waals surface area contributed by atoms with Crippen molar-refractivity contribution in [2.75, 3.05) is 0 Å². The molecule has 0 fully saturated rings. The SMILES string of the molecule is CC(=O)NOC(=O)CC(=O)ONC(C)=O. The molecule has 0 rings (SSSR count). The van der Waals surface area contributed by atoms with Crippen molar-refractivity contribution in [2.45, 2.75) is 20.3 Å². The number of hydrogen-bond acceptors (Lipinski definition) is 6. The number of carbonyl (C=O) groups is 4. The molecule has 0 aliphatic carbocycles. The van der Waals surface area contributed by atoms with Gasteiger partial charge >= 0.3 is 11.9 Å². The number of carbonyl (C=O) groups excluding carboxylic acids is 4. The summed E-state index contributed by atoms with van der Waals surface area (Å²) in [4.78, 5) is 50.3. The first-order valence-corrected chi connectivity index (χ1v) is 3.84. The molecular weight excluding hydrogens is 208 g/mol. The molecule has 2 amide bonds. The van der Waals surface area contributed by atoms with Crippen LogP contribution in [0.1, 0.15) is 20.3 Å². The largest absolute Gasteiger partial charge is 0.343 e. The Hall–Kier alpha value is -2.12. The van der Waals surface area contributed by atoms with Crippen molar-refractivity contribution in [3.8, 4) is 0 Å². The van der Waals surface area contributed by atoms with Crippen molar-refractivity contribution in [1.82, 2.24) is 11.0 Å². The molecule has 0 saturated heterocycles. The second-order valence-corrected chi connectivity index (χ2v) is 2.44. The molecule has 0 aromatic carbocycles. The molecule has 15 heavy (non-hydrogen) atoms. The second-order valence-electron chi connectivity index (χ2n) is 2.44. The number of amides is 2. The first-order valence-electron chi connectivity index (χ1n) is 3.84. The lowest BCUT2D eigenvalue weighted by atomic mass is 10.4. The molecule has 0 saturated carbocycles. The van der Waals surface area contributed by atoms with Crippen LogP contribution in [0.15, 0.2) is 0 Å². The lowest BCUT2D eigenvalue weighted by Gasteiger charge is -2.03. The van der Waals surface area contributed by atoms with Gasteiger partial charge in [0, 0.05) is 13.8 Å². The lowest BCUT2D eigenvalue weighted by Crippen LogP contribution is -2.29. The molecule has 0 aromatic heterocycles. The topological polar surface area (TPSA) is 111 Å². The van der Waals surface area contributed by atoms with E-state index in [4.69, 9.17) is 0 Å². The van der Waals surface area contributed by atoms with Crippen LogP contribution in [0.4, 0.5) is 0 Å². The highest BCUT2D eigenvalue weighted by Gasteiger charge is 2.13. The summed E-state index contributed by atoms with van der Waals surface area (Å²) < 4.78 is 0. The predicted molar refractivity (Wildman–Crippen MR) is 44.4 cm³/mol. The third kappa shape index (κ3) is 8.22. The molecule has 8 nitrogen and oxygen atoms in total. The fourth-order valence-electron chi connectivity index (χ4n) is 0.448. The summed E-state index contributed by atoms with van der Waals surface area (Å²) in [6, 6.07) is 0. The van der Waals surface area contributed by atoms with Crippen LogP contribution in [-0.4, -0.2) is 23.8 Å². The minimum Gasteiger partial charge on any atom is -0.340 e. The summed E-state index contributed by atoms with van der Waals surface area (Å²) in [6.45, 7) is 2.26. The van der Waals surface area contributed by atoms with Crippen LogP contribution >= 0.6 is 0 Å². The number of hydrogen-bond donors (Lipinski definition) is 2. The van der Waals surface area contributed by atoms with Gasteiger partial charge in [-0.25, -0.2) is 9.59 Å². The maximum Gasteiger partial charge on any atom is 0.343 e. The molecular formula is C7H10N2O6. The molecule has 0 bridgehead atoms. The van der Waals surface area contributed by atoms with Crippen LogP contribution in [0.2, 0.25) is 0 Å². The molecule has 0 aliphatic rings. The fourth-order valence-corrected chi connectivity index (χ4v) is 0.448. The average Bonchev–Trinajstić information content (AvgIpc) is 2.11. The van der Waals surface area contributed by atoms with Crippen molar-refractivity contribution in [2.24, 2.45) is 0 Å². The highest BCUT2D eigenvalue weighted by atomic mass is 16.7. The van der Waals surface area contributed by atoms with Crippen molar-refractivity contribution in [3.05, 3.63) is 0 Å². The maximum absolute atomic E-state index is 10.8. The minimum atomic E-state index is -0.999. The normalized spacial score (nSPS) is 8.67. The zero-order valence-electron chi connectivity index (χ0n) is 8.16. The monoisotopic (exact) mass is 218 g/mol. The van der Waals surface area contributed by atoms with E-state index in [1.54, 1.807) is 11.0 Å². The maximum atomic E-state index is 10.8. The number of hydroxylamine groups is 2. The van der Waals surface area contributed by atoms with E-state index in [1.807, 2.05) is 0 Å². The first kappa shape index (κ1) is 12.9. The van der Waals surface area contributed by atoms with Gasteiger partial charge in [-0.05, 0) is 0 Å². The molecule has 0 radical (unpaired) electrons. The highest BCUT2D eigenvalue weighted by Crippen LogP contribution is 1.87. The van der Waals surface area contributed by atoms with E-state index in [2.05, 4.69) is 9.68 Å². The van der Waals surface area contributed by atoms with Crippen molar-refractivity contribution < 1.29 is 28.9 Å². The summed E-state index contributed by atoms with van der Waals surface area (Å²) in [5.41, 5.74) is 3.46. The fraction of sp³-hybridized carbons (Fsp3) is 0.429. The Morgan fingerprint density at radius 2 is 1.20 bits per heavy atom. The predicted octanol–water partition coefficient (Wildman–Crippen LogP) is -1.43. The Bertz CT molecular complexity index is 259. The smallest absolute Gasteiger partial charge is 0.340 e. The van der Waals surface area contributed by atoms with Crippen LogP contribution in [0, 0.1) is 0 Å². The molecule has 2 N–H and O–H groups in total. The summed E-state index contributed by atoms with van der Waals surface area (Å²) in [5, 5.41) is 0. The third-order valence-corrected chi connectivity index (χ3v) is 0.906. The Balaban J connectivity index is 3.71. The Kier molecular flexibility index (Phi) is 5.45. The van der Waals surface area contributed by atoms with Crippen LogP contribution < -0.4 is 11.0 Å². The van der Waals surface area contributed by atoms with Gasteiger partial charge in [0.25, 0.3) is 0 Å². The number of rotatable bonds is 2. The molecule has 0 heterocycles. The van der Waals surface area contributed by atoms with Crippen LogP contribution in [0.5, 0.6) is 0 Å². The van der Waals surface area contributed by atoms with Gasteiger partial charge in [-0.3, -0.25) is 9.59 Å². The van der Waals surface area contributed by atoms with Crippen molar-refractivity contribution in [1.29, 1.82) is 0 Å². The van der Waals surface area contributed by atoms with Crippen molar-refractivity contribution in [3.63, 3.8) is 0 Å². The van der Waals surface area contributed by atoms with E-state index in [0.29, 0.717) is 0 Å². The number of nitrogens with one attached hydrogen (secondary N) is 2. The summed E-state index contributed by atoms with van der Waals surface area (Å²) in [6.07, 6.45) is -0.722. The zero-order valence-corrected chi connectivity index (χ0v) is 8.16. The standard InChI is InChI=1S/C7H10N2O6/c1-4(10)8-14-6(12)3-7(13)15-9-5(2)11/h3H2,1-2H3,(H,8,10)(H,9,11). The van der Waals surface area contributed by atoms with Gasteiger partial charge in [0.1, 0.15) is 6.42 Å². The Labute approximate surface area is 84.8 Å². The Morgan fingerprint density at radius 3 is 1.47 bits per heavy atom. The van der Waals surface area contributed by atoms with Crippen LogP contribution in [-0.2, 0) is 28.9 Å². The van der Waals surface area contributed by atoms with Crippen LogP contribution in [0.3, 0.4) is 0 Å². The Morgan fingerprint density at radius 1 is 0.867 bits per heavy atom. The molecule has 0 spiro atoms. The molecule has 0 aromatic rings. The average molecular weight is 218 g/mol. The van der Waals surface area contributed by atoms with Gasteiger partial charge in [0.2, 0.25) is 11.8 Å². The summed E-state index contributed by atoms with van der Waals surface area (Å²) >= 11 is 0. The summed E-state index contributed by atoms with van der Waals surface area (Å²) in [7, 11) is 0. The minimum absolute atomic E-state index is 0.585. The van der Waals surface area contributed by atoms with Gasteiger partial charge in [-0.15, -0.1) is 0 Å². The van der Waals surface area contributed by atoms with E-state index >= 15 is 0 Å². The van der Waals surface area contributed by atoms with Gasteiger partial charge in [0.15, 0.2) is 0 Å². The zero-order chi connectivity index (χ0) is 11.8. The van der Waals surface area contributed by atoms with Gasteiger partial charge in [-0.1, -0.05) is 0 Å². The third-order valence-electron chi connectivity index (χ3n) is 0.906. The molecule has 0 atom stereocenters. The molecule has 0 aliphatic heterocycles. The van der Waals surface area contributed by atoms with E-state index in [0.717, 1.165) is 13.8 Å². The van der Waals surface area contributed by atoms with E-state index in [1.165, 1.54) is 0 Å². The lowest BCUT2D eigenvalue weighted by molar-refractivity contribution is -0.167. The van der Waals surface area contributed by atoms with Crippen LogP contribution in [0.25, 0.3) is 0 Å². The molecule has 8 heteroatoms. The van der Waals surface area contributed by atoms with E-state index in [9.17, 15) is 19.2 Å². The van der Waals surface area contributed by atoms with E-state index in [-0.39, 0.29) is 0 Å². The van der Waals surface area contributed by atoms with Gasteiger partial charge in [0.05, 0.1) is 0 Å². The van der Waals surface area contributed by atoms with Gasteiger partial charge < -0.3 is 9.68 Å². The first-order chi connectivity index (χ1) is 6.91. The van der Waals surface area contributed by atoms with E-state index < -0.39 is 30.2 Å². The quantitative estimate of drug-likeness (QED) is 0.434.